The molecule has 0 spiro atoms. The van der Waals surface area contributed by atoms with Gasteiger partial charge in [0.1, 0.15) is 11.4 Å². The minimum Gasteiger partial charge on any atom is -0.305 e. The third-order valence-electron chi connectivity index (χ3n) is 5.85. The van der Waals surface area contributed by atoms with Crippen molar-refractivity contribution in [3.05, 3.63) is 88.6 Å². The molecular formula is C26H19N3OS2. The fourth-order valence-electron chi connectivity index (χ4n) is 4.37. The molecule has 6 heteroatoms. The van der Waals surface area contributed by atoms with Crippen molar-refractivity contribution in [1.82, 2.24) is 9.97 Å². The first-order valence-corrected chi connectivity index (χ1v) is 12.3. The Hall–Kier alpha value is -3.35. The van der Waals surface area contributed by atoms with Gasteiger partial charge < -0.3 is 4.90 Å². The maximum Gasteiger partial charge on any atom is 0.258 e. The largest absolute Gasteiger partial charge is 0.305 e. The molecule has 1 aliphatic rings. The Morgan fingerprint density at radius 3 is 2.25 bits per heavy atom. The van der Waals surface area contributed by atoms with E-state index < -0.39 is 0 Å². The fourth-order valence-corrected chi connectivity index (χ4v) is 5.80. The summed E-state index contributed by atoms with van der Waals surface area (Å²) in [5.74, 6) is 0.00570. The van der Waals surface area contributed by atoms with Crippen LogP contribution in [-0.2, 0) is 6.42 Å². The molecule has 0 aliphatic carbocycles. The highest BCUT2D eigenvalue weighted by Crippen LogP contribution is 2.36. The van der Waals surface area contributed by atoms with Crippen LogP contribution < -0.4 is 4.90 Å². The molecule has 3 aromatic heterocycles. The molecule has 0 N–H and O–H groups in total. The monoisotopic (exact) mass is 453 g/mol. The summed E-state index contributed by atoms with van der Waals surface area (Å²) in [6, 6.07) is 22.1. The summed E-state index contributed by atoms with van der Waals surface area (Å²) in [7, 11) is 0. The van der Waals surface area contributed by atoms with Gasteiger partial charge in [-0.1, -0.05) is 30.3 Å². The molecule has 0 radical (unpaired) electrons. The SMILES string of the molecule is C[C@@H]1Cc2ccccc2N1C(=O)c1ccc2nc(-c3cccs3)c(-c3cccs3)nc2c1. The van der Waals surface area contributed by atoms with Crippen molar-refractivity contribution in [2.24, 2.45) is 0 Å². The van der Waals surface area contributed by atoms with Crippen LogP contribution in [-0.4, -0.2) is 21.9 Å². The van der Waals surface area contributed by atoms with E-state index in [1.165, 1.54) is 5.56 Å². The van der Waals surface area contributed by atoms with Crippen molar-refractivity contribution >= 4 is 45.3 Å². The lowest BCUT2D eigenvalue weighted by molar-refractivity contribution is 0.0981. The fraction of sp³-hybridized carbons (Fsp3) is 0.115. The maximum absolute atomic E-state index is 13.5. The van der Waals surface area contributed by atoms with Crippen LogP contribution in [0, 0.1) is 0 Å². The number of amides is 1. The lowest BCUT2D eigenvalue weighted by atomic mass is 10.1. The Morgan fingerprint density at radius 2 is 1.56 bits per heavy atom. The van der Waals surface area contributed by atoms with E-state index >= 15 is 0 Å². The highest BCUT2D eigenvalue weighted by molar-refractivity contribution is 7.14. The number of anilines is 1. The van der Waals surface area contributed by atoms with Gasteiger partial charge in [-0.2, -0.15) is 0 Å². The summed E-state index contributed by atoms with van der Waals surface area (Å²) in [5, 5.41) is 4.10. The van der Waals surface area contributed by atoms with Gasteiger partial charge in [-0.05, 0) is 66.1 Å². The van der Waals surface area contributed by atoms with E-state index in [0.29, 0.717) is 5.56 Å². The van der Waals surface area contributed by atoms with E-state index in [-0.39, 0.29) is 11.9 Å². The second-order valence-electron chi connectivity index (χ2n) is 7.94. The Kier molecular flexibility index (Phi) is 4.63. The molecule has 0 fully saturated rings. The highest BCUT2D eigenvalue weighted by Gasteiger charge is 2.31. The van der Waals surface area contributed by atoms with Crippen molar-refractivity contribution in [2.45, 2.75) is 19.4 Å². The highest BCUT2D eigenvalue weighted by atomic mass is 32.1. The van der Waals surface area contributed by atoms with E-state index in [9.17, 15) is 4.79 Å². The Bertz CT molecular complexity index is 1440. The zero-order valence-corrected chi connectivity index (χ0v) is 19.0. The van der Waals surface area contributed by atoms with Crippen molar-refractivity contribution in [1.29, 1.82) is 0 Å². The van der Waals surface area contributed by atoms with Crippen LogP contribution in [0.1, 0.15) is 22.8 Å². The minimum absolute atomic E-state index is 0.00570. The van der Waals surface area contributed by atoms with Gasteiger partial charge >= 0.3 is 0 Å². The summed E-state index contributed by atoms with van der Waals surface area (Å²) >= 11 is 3.30. The number of aromatic nitrogens is 2. The van der Waals surface area contributed by atoms with Crippen LogP contribution in [0.25, 0.3) is 32.2 Å². The molecule has 1 aliphatic heterocycles. The molecular weight excluding hydrogens is 434 g/mol. The third-order valence-corrected chi connectivity index (χ3v) is 7.60. The zero-order chi connectivity index (χ0) is 21.7. The molecule has 4 nitrogen and oxygen atoms in total. The number of carbonyl (C=O) groups excluding carboxylic acids is 1. The number of fused-ring (bicyclic) bond motifs is 2. The van der Waals surface area contributed by atoms with Gasteiger partial charge in [0.25, 0.3) is 5.91 Å². The summed E-state index contributed by atoms with van der Waals surface area (Å²) in [5.41, 5.74) is 6.13. The van der Waals surface area contributed by atoms with E-state index in [0.717, 1.165) is 44.3 Å². The standard InChI is InChI=1S/C26H19N3OS2/c1-16-14-17-6-2-3-7-21(17)29(16)26(30)18-10-11-19-20(15-18)28-25(23-9-5-13-32-23)24(27-19)22-8-4-12-31-22/h2-13,15-16H,14H2,1H3/t16-/m1/s1. The van der Waals surface area contributed by atoms with Crippen LogP contribution in [0.2, 0.25) is 0 Å². The van der Waals surface area contributed by atoms with Crippen LogP contribution in [0.3, 0.4) is 0 Å². The maximum atomic E-state index is 13.5. The molecule has 1 amide bonds. The number of hydrogen-bond donors (Lipinski definition) is 0. The van der Waals surface area contributed by atoms with Crippen LogP contribution >= 0.6 is 22.7 Å². The van der Waals surface area contributed by atoms with E-state index in [4.69, 9.17) is 9.97 Å². The summed E-state index contributed by atoms with van der Waals surface area (Å²) in [6.45, 7) is 2.10. The Balaban J connectivity index is 1.47. The molecule has 5 aromatic rings. The quantitative estimate of drug-likeness (QED) is 0.306. The summed E-state index contributed by atoms with van der Waals surface area (Å²) < 4.78 is 0. The average Bonchev–Trinajstić information content (AvgIpc) is 3.58. The van der Waals surface area contributed by atoms with E-state index in [2.05, 4.69) is 30.5 Å². The smallest absolute Gasteiger partial charge is 0.258 e. The number of nitrogens with zero attached hydrogens (tertiary/aromatic N) is 3. The first-order chi connectivity index (χ1) is 15.7. The van der Waals surface area contributed by atoms with Crippen molar-refractivity contribution in [2.75, 3.05) is 4.90 Å². The van der Waals surface area contributed by atoms with Gasteiger partial charge in [-0.25, -0.2) is 9.97 Å². The number of benzene rings is 2. The number of carbonyl (C=O) groups is 1. The molecule has 32 heavy (non-hydrogen) atoms. The van der Waals surface area contributed by atoms with Crippen LogP contribution in [0.15, 0.2) is 77.5 Å². The predicted molar refractivity (Wildman–Crippen MR) is 133 cm³/mol. The van der Waals surface area contributed by atoms with Gasteiger partial charge in [0.2, 0.25) is 0 Å². The van der Waals surface area contributed by atoms with Gasteiger partial charge in [0.15, 0.2) is 0 Å². The second kappa shape index (κ2) is 7.65. The number of thiophene rings is 2. The summed E-state index contributed by atoms with van der Waals surface area (Å²) in [4.78, 5) is 27.5. The van der Waals surface area contributed by atoms with Gasteiger partial charge in [0.05, 0.1) is 20.8 Å². The third kappa shape index (κ3) is 3.15. The van der Waals surface area contributed by atoms with Crippen molar-refractivity contribution < 1.29 is 4.79 Å². The zero-order valence-electron chi connectivity index (χ0n) is 17.4. The molecule has 4 heterocycles. The molecule has 156 valence electrons. The molecule has 1 atom stereocenters. The summed E-state index contributed by atoms with van der Waals surface area (Å²) in [6.07, 6.45) is 0.877. The van der Waals surface area contributed by atoms with Gasteiger partial charge in [0, 0.05) is 17.3 Å². The second-order valence-corrected chi connectivity index (χ2v) is 9.83. The Labute approximate surface area is 193 Å². The average molecular weight is 454 g/mol. The number of para-hydroxylation sites is 1. The molecule has 0 bridgehead atoms. The van der Waals surface area contributed by atoms with Crippen LogP contribution in [0.4, 0.5) is 5.69 Å². The minimum atomic E-state index is 0.00570. The van der Waals surface area contributed by atoms with Gasteiger partial charge in [-0.15, -0.1) is 22.7 Å². The lowest BCUT2D eigenvalue weighted by Gasteiger charge is -2.23. The first kappa shape index (κ1) is 19.3. The molecule has 0 unspecified atom stereocenters. The topological polar surface area (TPSA) is 46.1 Å². The Morgan fingerprint density at radius 1 is 0.875 bits per heavy atom. The number of hydrogen-bond acceptors (Lipinski definition) is 5. The number of rotatable bonds is 3. The molecule has 6 rings (SSSR count). The first-order valence-electron chi connectivity index (χ1n) is 10.5. The molecule has 0 saturated carbocycles. The van der Waals surface area contributed by atoms with Crippen LogP contribution in [0.5, 0.6) is 0 Å². The lowest BCUT2D eigenvalue weighted by Crippen LogP contribution is -2.35. The van der Waals surface area contributed by atoms with Crippen molar-refractivity contribution in [3.8, 4) is 21.1 Å². The van der Waals surface area contributed by atoms with Gasteiger partial charge in [-0.3, -0.25) is 4.79 Å². The molecule has 2 aromatic carbocycles. The molecule has 0 saturated heterocycles. The van der Waals surface area contributed by atoms with Crippen molar-refractivity contribution in [3.63, 3.8) is 0 Å². The van der Waals surface area contributed by atoms with E-state index in [1.54, 1.807) is 22.7 Å². The normalized spacial score (nSPS) is 15.3. The van der Waals surface area contributed by atoms with E-state index in [1.807, 2.05) is 58.8 Å². The predicted octanol–water partition coefficient (Wildman–Crippen LogP) is 6.68.